The number of halogens is 2. The highest BCUT2D eigenvalue weighted by atomic mass is 35.5. The van der Waals surface area contributed by atoms with Crippen molar-refractivity contribution in [2.45, 2.75) is 6.92 Å². The lowest BCUT2D eigenvalue weighted by Crippen LogP contribution is -2.18. The van der Waals surface area contributed by atoms with Crippen LogP contribution in [0.3, 0.4) is 0 Å². The van der Waals surface area contributed by atoms with Crippen LogP contribution in [-0.4, -0.2) is 12.6 Å². The van der Waals surface area contributed by atoms with Gasteiger partial charge in [0.05, 0.1) is 0 Å². The molecule has 5 heteroatoms. The second-order valence-electron chi connectivity index (χ2n) is 4.13. The molecule has 0 amide bonds. The second kappa shape index (κ2) is 6.64. The molecule has 0 radical (unpaired) electrons. The van der Waals surface area contributed by atoms with Gasteiger partial charge in [-0.25, -0.2) is 4.79 Å². The third-order valence-electron chi connectivity index (χ3n) is 2.53. The summed E-state index contributed by atoms with van der Waals surface area (Å²) in [6.45, 7) is 1.64. The van der Waals surface area contributed by atoms with Gasteiger partial charge in [-0.3, -0.25) is 0 Å². The molecule has 2 aromatic rings. The van der Waals surface area contributed by atoms with Crippen molar-refractivity contribution in [2.75, 3.05) is 6.61 Å². The maximum Gasteiger partial charge on any atom is 0.349 e. The summed E-state index contributed by atoms with van der Waals surface area (Å²) in [7, 11) is 0. The second-order valence-corrected chi connectivity index (χ2v) is 5.00. The summed E-state index contributed by atoms with van der Waals surface area (Å²) in [5.41, 5.74) is 0.789. The molecule has 20 heavy (non-hydrogen) atoms. The SMILES string of the molecule is Cc1cc(Cl)ccc1OC(=O)COc1ccc(Cl)cc1. The van der Waals surface area contributed by atoms with Crippen molar-refractivity contribution in [2.24, 2.45) is 0 Å². The smallest absolute Gasteiger partial charge is 0.349 e. The molecule has 0 heterocycles. The standard InChI is InChI=1S/C15H12Cl2O3/c1-10-8-12(17)4-7-14(10)20-15(18)9-19-13-5-2-11(16)3-6-13/h2-8H,9H2,1H3. The zero-order valence-corrected chi connectivity index (χ0v) is 12.2. The summed E-state index contributed by atoms with van der Waals surface area (Å²) in [4.78, 5) is 11.7. The topological polar surface area (TPSA) is 35.5 Å². The molecular weight excluding hydrogens is 299 g/mol. The predicted molar refractivity (Wildman–Crippen MR) is 78.8 cm³/mol. The summed E-state index contributed by atoms with van der Waals surface area (Å²) in [5, 5.41) is 1.21. The van der Waals surface area contributed by atoms with Crippen LogP contribution in [0.5, 0.6) is 11.5 Å². The first-order chi connectivity index (χ1) is 9.54. The Morgan fingerprint density at radius 3 is 2.35 bits per heavy atom. The Balaban J connectivity index is 1.90. The Labute approximate surface area is 127 Å². The summed E-state index contributed by atoms with van der Waals surface area (Å²) in [6.07, 6.45) is 0. The number of hydrogen-bond donors (Lipinski definition) is 0. The molecule has 3 nitrogen and oxygen atoms in total. The first-order valence-corrected chi connectivity index (χ1v) is 6.65. The van der Waals surface area contributed by atoms with Crippen molar-refractivity contribution in [1.29, 1.82) is 0 Å². The van der Waals surface area contributed by atoms with Crippen LogP contribution in [0.15, 0.2) is 42.5 Å². The molecule has 0 aliphatic rings. The predicted octanol–water partition coefficient (Wildman–Crippen LogP) is 4.29. The van der Waals surface area contributed by atoms with Crippen molar-refractivity contribution in [1.82, 2.24) is 0 Å². The highest BCUT2D eigenvalue weighted by Crippen LogP contribution is 2.22. The van der Waals surface area contributed by atoms with E-state index in [1.807, 2.05) is 6.92 Å². The van der Waals surface area contributed by atoms with E-state index in [-0.39, 0.29) is 6.61 Å². The fourth-order valence-electron chi connectivity index (χ4n) is 1.55. The van der Waals surface area contributed by atoms with Crippen LogP contribution in [0.2, 0.25) is 10.0 Å². The molecule has 0 bridgehead atoms. The van der Waals surface area contributed by atoms with Crippen molar-refractivity contribution < 1.29 is 14.3 Å². The number of aryl methyl sites for hydroxylation is 1. The van der Waals surface area contributed by atoms with Crippen LogP contribution in [0.4, 0.5) is 0 Å². The maximum absolute atomic E-state index is 11.7. The monoisotopic (exact) mass is 310 g/mol. The summed E-state index contributed by atoms with van der Waals surface area (Å²) >= 11 is 11.6. The first-order valence-electron chi connectivity index (χ1n) is 5.90. The molecule has 0 saturated carbocycles. The Hall–Kier alpha value is -1.71. The fraction of sp³-hybridized carbons (Fsp3) is 0.133. The molecule has 0 N–H and O–H groups in total. The lowest BCUT2D eigenvalue weighted by atomic mass is 10.2. The van der Waals surface area contributed by atoms with Gasteiger partial charge in [0.1, 0.15) is 11.5 Å². The number of carbonyl (C=O) groups is 1. The molecule has 2 aromatic carbocycles. The van der Waals surface area contributed by atoms with Gasteiger partial charge in [0.2, 0.25) is 0 Å². The van der Waals surface area contributed by atoms with E-state index in [9.17, 15) is 4.79 Å². The molecule has 0 saturated heterocycles. The number of ether oxygens (including phenoxy) is 2. The quantitative estimate of drug-likeness (QED) is 0.624. The third-order valence-corrected chi connectivity index (χ3v) is 3.02. The minimum atomic E-state index is -0.481. The normalized spacial score (nSPS) is 10.2. The summed E-state index contributed by atoms with van der Waals surface area (Å²) in [5.74, 6) is 0.545. The van der Waals surface area contributed by atoms with Crippen LogP contribution in [0.1, 0.15) is 5.56 Å². The summed E-state index contributed by atoms with van der Waals surface area (Å²) < 4.78 is 10.5. The van der Waals surface area contributed by atoms with E-state index in [1.165, 1.54) is 0 Å². The van der Waals surface area contributed by atoms with Gasteiger partial charge in [0, 0.05) is 10.0 Å². The van der Waals surface area contributed by atoms with Crippen molar-refractivity contribution in [3.63, 3.8) is 0 Å². The number of hydrogen-bond acceptors (Lipinski definition) is 3. The zero-order chi connectivity index (χ0) is 14.5. The molecule has 0 unspecified atom stereocenters. The Bertz CT molecular complexity index is 609. The van der Waals surface area contributed by atoms with E-state index in [1.54, 1.807) is 42.5 Å². The Kier molecular flexibility index (Phi) is 4.88. The van der Waals surface area contributed by atoms with Crippen LogP contribution in [-0.2, 0) is 4.79 Å². The lowest BCUT2D eigenvalue weighted by Gasteiger charge is -2.09. The average molecular weight is 311 g/mol. The van der Waals surface area contributed by atoms with Gasteiger partial charge >= 0.3 is 5.97 Å². The van der Waals surface area contributed by atoms with Gasteiger partial charge in [-0.2, -0.15) is 0 Å². The molecule has 104 valence electrons. The number of esters is 1. The van der Waals surface area contributed by atoms with Gasteiger partial charge in [-0.1, -0.05) is 23.2 Å². The van der Waals surface area contributed by atoms with E-state index in [0.29, 0.717) is 21.5 Å². The highest BCUT2D eigenvalue weighted by Gasteiger charge is 2.08. The zero-order valence-electron chi connectivity index (χ0n) is 10.7. The van der Waals surface area contributed by atoms with E-state index in [0.717, 1.165) is 5.56 Å². The van der Waals surface area contributed by atoms with Crippen LogP contribution in [0, 0.1) is 6.92 Å². The van der Waals surface area contributed by atoms with Gasteiger partial charge in [0.25, 0.3) is 0 Å². The molecule has 0 aromatic heterocycles. The molecule has 0 atom stereocenters. The van der Waals surface area contributed by atoms with Crippen LogP contribution < -0.4 is 9.47 Å². The van der Waals surface area contributed by atoms with Gasteiger partial charge in [-0.05, 0) is 55.0 Å². The van der Waals surface area contributed by atoms with Crippen LogP contribution >= 0.6 is 23.2 Å². The molecule has 2 rings (SSSR count). The van der Waals surface area contributed by atoms with E-state index in [2.05, 4.69) is 0 Å². The van der Waals surface area contributed by atoms with Crippen molar-refractivity contribution in [3.05, 3.63) is 58.1 Å². The Morgan fingerprint density at radius 2 is 1.70 bits per heavy atom. The van der Waals surface area contributed by atoms with Crippen LogP contribution in [0.25, 0.3) is 0 Å². The fourth-order valence-corrected chi connectivity index (χ4v) is 1.91. The van der Waals surface area contributed by atoms with E-state index in [4.69, 9.17) is 32.7 Å². The molecule has 0 spiro atoms. The number of rotatable bonds is 4. The number of benzene rings is 2. The summed E-state index contributed by atoms with van der Waals surface area (Å²) in [6, 6.07) is 11.8. The number of carbonyl (C=O) groups excluding carboxylic acids is 1. The minimum absolute atomic E-state index is 0.177. The Morgan fingerprint density at radius 1 is 1.05 bits per heavy atom. The van der Waals surface area contributed by atoms with Crippen molar-refractivity contribution >= 4 is 29.2 Å². The van der Waals surface area contributed by atoms with E-state index >= 15 is 0 Å². The largest absolute Gasteiger partial charge is 0.482 e. The molecule has 0 aliphatic carbocycles. The molecule has 0 fully saturated rings. The molecule has 0 aliphatic heterocycles. The highest BCUT2D eigenvalue weighted by molar-refractivity contribution is 6.30. The lowest BCUT2D eigenvalue weighted by molar-refractivity contribution is -0.136. The van der Waals surface area contributed by atoms with Gasteiger partial charge < -0.3 is 9.47 Å². The maximum atomic E-state index is 11.7. The van der Waals surface area contributed by atoms with Gasteiger partial charge in [-0.15, -0.1) is 0 Å². The van der Waals surface area contributed by atoms with Gasteiger partial charge in [0.15, 0.2) is 6.61 Å². The van der Waals surface area contributed by atoms with Crippen molar-refractivity contribution in [3.8, 4) is 11.5 Å². The molecular formula is C15H12Cl2O3. The minimum Gasteiger partial charge on any atom is -0.482 e. The third kappa shape index (κ3) is 4.15. The van der Waals surface area contributed by atoms with E-state index < -0.39 is 5.97 Å². The average Bonchev–Trinajstić information content (AvgIpc) is 2.41. The first kappa shape index (κ1) is 14.7.